The predicted octanol–water partition coefficient (Wildman–Crippen LogP) is 7.06. The number of ether oxygens (including phenoxy) is 1. The number of halogens is 2. The lowest BCUT2D eigenvalue weighted by atomic mass is 10.0. The van der Waals surface area contributed by atoms with Gasteiger partial charge in [0.05, 0.1) is 17.7 Å². The maximum Gasteiger partial charge on any atom is 0.264 e. The van der Waals surface area contributed by atoms with Gasteiger partial charge in [0.25, 0.3) is 10.0 Å². The standard InChI is InChI=1S/C36H39Cl2N3O5S/c1-4-5-20-39-36(43)33(22-27-10-7-6-8-11-27)40(24-28-12-9-13-29(37)21-28)35(42)25-41(32-23-30(38)16-19-34(32)46-3)47(44,45)31-17-14-26(2)15-18-31/h6-19,21,23,33H,4-5,20,22,24-25H2,1-3H3,(H,39,43)/t33-/m1/s1. The predicted molar refractivity (Wildman–Crippen MR) is 188 cm³/mol. The third-order valence-electron chi connectivity index (χ3n) is 7.64. The van der Waals surface area contributed by atoms with Crippen molar-refractivity contribution < 1.29 is 22.7 Å². The maximum atomic E-state index is 14.6. The summed E-state index contributed by atoms with van der Waals surface area (Å²) in [7, 11) is -2.92. The normalized spacial score (nSPS) is 11.9. The van der Waals surface area contributed by atoms with Crippen molar-refractivity contribution in [3.8, 4) is 5.75 Å². The lowest BCUT2D eigenvalue weighted by Gasteiger charge is -2.34. The van der Waals surface area contributed by atoms with Crippen molar-refractivity contribution in [3.63, 3.8) is 0 Å². The summed E-state index contributed by atoms with van der Waals surface area (Å²) in [6, 6.07) is 26.3. The second-order valence-electron chi connectivity index (χ2n) is 11.1. The molecule has 248 valence electrons. The van der Waals surface area contributed by atoms with E-state index < -0.39 is 28.5 Å². The van der Waals surface area contributed by atoms with Crippen molar-refractivity contribution in [2.75, 3.05) is 24.5 Å². The Morgan fingerprint density at radius 1 is 0.872 bits per heavy atom. The third-order valence-corrected chi connectivity index (χ3v) is 9.88. The molecule has 0 heterocycles. The van der Waals surface area contributed by atoms with Gasteiger partial charge >= 0.3 is 0 Å². The minimum Gasteiger partial charge on any atom is -0.495 e. The molecule has 4 aromatic rings. The molecule has 4 aromatic carbocycles. The minimum atomic E-state index is -4.33. The third kappa shape index (κ3) is 9.50. The van der Waals surface area contributed by atoms with Gasteiger partial charge in [-0.3, -0.25) is 13.9 Å². The summed E-state index contributed by atoms with van der Waals surface area (Å²) >= 11 is 12.7. The Morgan fingerprint density at radius 3 is 2.21 bits per heavy atom. The Balaban J connectivity index is 1.84. The largest absolute Gasteiger partial charge is 0.495 e. The number of amides is 2. The lowest BCUT2D eigenvalue weighted by Crippen LogP contribution is -2.53. The monoisotopic (exact) mass is 695 g/mol. The van der Waals surface area contributed by atoms with Crippen molar-refractivity contribution in [1.29, 1.82) is 0 Å². The minimum absolute atomic E-state index is 0.00317. The van der Waals surface area contributed by atoms with Crippen molar-refractivity contribution in [1.82, 2.24) is 10.2 Å². The highest BCUT2D eigenvalue weighted by molar-refractivity contribution is 7.92. The van der Waals surface area contributed by atoms with Crippen LogP contribution in [0, 0.1) is 6.92 Å². The van der Waals surface area contributed by atoms with E-state index in [0.717, 1.165) is 28.3 Å². The number of unbranched alkanes of at least 4 members (excludes halogenated alkanes) is 1. The second kappa shape index (κ2) is 16.7. The molecule has 0 aliphatic heterocycles. The number of carbonyl (C=O) groups excluding carboxylic acids is 2. The first-order chi connectivity index (χ1) is 22.5. The summed E-state index contributed by atoms with van der Waals surface area (Å²) in [5.41, 5.74) is 2.48. The Bertz CT molecular complexity index is 1770. The Hall–Kier alpha value is -4.05. The summed E-state index contributed by atoms with van der Waals surface area (Å²) in [4.78, 5) is 29.9. The van der Waals surface area contributed by atoms with Gasteiger partial charge in [-0.1, -0.05) is 96.7 Å². The van der Waals surface area contributed by atoms with E-state index >= 15 is 0 Å². The summed E-state index contributed by atoms with van der Waals surface area (Å²) < 4.78 is 35.2. The zero-order valence-electron chi connectivity index (χ0n) is 26.7. The molecule has 0 bridgehead atoms. The van der Waals surface area contributed by atoms with Crippen molar-refractivity contribution >= 4 is 50.7 Å². The molecular weight excluding hydrogens is 657 g/mol. The molecule has 0 radical (unpaired) electrons. The van der Waals surface area contributed by atoms with Crippen LogP contribution in [0.4, 0.5) is 5.69 Å². The van der Waals surface area contributed by atoms with Gasteiger partial charge in [-0.25, -0.2) is 8.42 Å². The van der Waals surface area contributed by atoms with E-state index in [4.69, 9.17) is 27.9 Å². The molecular formula is C36H39Cl2N3O5S. The number of rotatable bonds is 15. The number of methoxy groups -OCH3 is 1. The zero-order valence-corrected chi connectivity index (χ0v) is 29.0. The fourth-order valence-corrected chi connectivity index (χ4v) is 6.90. The molecule has 0 spiro atoms. The van der Waals surface area contributed by atoms with Gasteiger partial charge in [-0.15, -0.1) is 0 Å². The van der Waals surface area contributed by atoms with Gasteiger partial charge < -0.3 is 15.0 Å². The van der Waals surface area contributed by atoms with Crippen molar-refractivity contribution in [2.24, 2.45) is 0 Å². The number of hydrogen-bond donors (Lipinski definition) is 1. The van der Waals surface area contributed by atoms with E-state index in [1.54, 1.807) is 42.5 Å². The van der Waals surface area contributed by atoms with Crippen LogP contribution in [-0.2, 0) is 32.6 Å². The first kappa shape index (κ1) is 35.8. The number of anilines is 1. The topological polar surface area (TPSA) is 96.0 Å². The van der Waals surface area contributed by atoms with Crippen LogP contribution < -0.4 is 14.4 Å². The van der Waals surface area contributed by atoms with E-state index in [-0.39, 0.29) is 40.2 Å². The number of nitrogens with zero attached hydrogens (tertiary/aromatic N) is 2. The van der Waals surface area contributed by atoms with Crippen LogP contribution in [0.15, 0.2) is 102 Å². The van der Waals surface area contributed by atoms with Gasteiger partial charge in [0, 0.05) is 29.6 Å². The van der Waals surface area contributed by atoms with Gasteiger partial charge in [-0.05, 0) is 66.9 Å². The Kier molecular flexibility index (Phi) is 12.7. The first-order valence-electron chi connectivity index (χ1n) is 15.3. The van der Waals surface area contributed by atoms with Gasteiger partial charge in [0.1, 0.15) is 18.3 Å². The van der Waals surface area contributed by atoms with Crippen LogP contribution in [0.5, 0.6) is 5.75 Å². The summed E-state index contributed by atoms with van der Waals surface area (Å²) in [5, 5.41) is 3.70. The van der Waals surface area contributed by atoms with Crippen LogP contribution in [0.2, 0.25) is 10.0 Å². The molecule has 4 rings (SSSR count). The van der Waals surface area contributed by atoms with E-state index in [9.17, 15) is 18.0 Å². The smallest absolute Gasteiger partial charge is 0.264 e. The zero-order chi connectivity index (χ0) is 34.0. The SMILES string of the molecule is CCCCNC(=O)[C@@H](Cc1ccccc1)N(Cc1cccc(Cl)c1)C(=O)CN(c1cc(Cl)ccc1OC)S(=O)(=O)c1ccc(C)cc1. The van der Waals surface area contributed by atoms with Gasteiger partial charge in [0.15, 0.2) is 0 Å². The Labute approximate surface area is 287 Å². The highest BCUT2D eigenvalue weighted by Gasteiger charge is 2.35. The summed E-state index contributed by atoms with van der Waals surface area (Å²) in [6.45, 7) is 3.68. The number of sulfonamides is 1. The van der Waals surface area contributed by atoms with E-state index in [0.29, 0.717) is 17.1 Å². The first-order valence-corrected chi connectivity index (χ1v) is 17.5. The van der Waals surface area contributed by atoms with Crippen LogP contribution in [0.25, 0.3) is 0 Å². The molecule has 11 heteroatoms. The molecule has 2 amide bonds. The molecule has 47 heavy (non-hydrogen) atoms. The van der Waals surface area contributed by atoms with Gasteiger partial charge in [-0.2, -0.15) is 0 Å². The highest BCUT2D eigenvalue weighted by Crippen LogP contribution is 2.35. The molecule has 8 nitrogen and oxygen atoms in total. The highest BCUT2D eigenvalue weighted by atomic mass is 35.5. The maximum absolute atomic E-state index is 14.6. The molecule has 0 saturated carbocycles. The van der Waals surface area contributed by atoms with Crippen LogP contribution in [-0.4, -0.2) is 51.4 Å². The molecule has 0 aliphatic carbocycles. The molecule has 1 atom stereocenters. The average molecular weight is 697 g/mol. The van der Waals surface area contributed by atoms with E-state index in [1.807, 2.05) is 50.2 Å². The molecule has 0 aliphatic rings. The Morgan fingerprint density at radius 2 is 1.55 bits per heavy atom. The number of benzene rings is 4. The summed E-state index contributed by atoms with van der Waals surface area (Å²) in [5.74, 6) is -0.738. The average Bonchev–Trinajstić information content (AvgIpc) is 3.05. The van der Waals surface area contributed by atoms with E-state index in [1.165, 1.54) is 30.2 Å². The van der Waals surface area contributed by atoms with E-state index in [2.05, 4.69) is 5.32 Å². The molecule has 0 saturated heterocycles. The van der Waals surface area contributed by atoms with Crippen LogP contribution >= 0.6 is 23.2 Å². The number of nitrogens with one attached hydrogen (secondary N) is 1. The lowest BCUT2D eigenvalue weighted by molar-refractivity contribution is -0.140. The number of carbonyl (C=O) groups is 2. The van der Waals surface area contributed by atoms with Crippen LogP contribution in [0.1, 0.15) is 36.5 Å². The molecule has 0 aromatic heterocycles. The fraction of sp³-hybridized carbons (Fsp3) is 0.278. The fourth-order valence-electron chi connectivity index (χ4n) is 5.10. The number of hydrogen-bond acceptors (Lipinski definition) is 5. The van der Waals surface area contributed by atoms with Crippen molar-refractivity contribution in [3.05, 3.63) is 124 Å². The quantitative estimate of drug-likeness (QED) is 0.134. The number of aryl methyl sites for hydroxylation is 1. The van der Waals surface area contributed by atoms with Crippen molar-refractivity contribution in [2.45, 2.75) is 50.6 Å². The molecule has 0 unspecified atom stereocenters. The van der Waals surface area contributed by atoms with Gasteiger partial charge in [0.2, 0.25) is 11.8 Å². The summed E-state index contributed by atoms with van der Waals surface area (Å²) in [6.07, 6.45) is 1.85. The molecule has 0 fully saturated rings. The van der Waals surface area contributed by atoms with Crippen LogP contribution in [0.3, 0.4) is 0 Å². The second-order valence-corrected chi connectivity index (χ2v) is 13.9. The molecule has 1 N–H and O–H groups in total.